The molecule has 0 spiro atoms. The quantitative estimate of drug-likeness (QED) is 0.750. The Hall–Kier alpha value is -1.76. The van der Waals surface area contributed by atoms with E-state index in [1.54, 1.807) is 7.11 Å². The Morgan fingerprint density at radius 3 is 2.41 bits per heavy atom. The third-order valence-corrected chi connectivity index (χ3v) is 3.78. The topological polar surface area (TPSA) is 9.23 Å². The van der Waals surface area contributed by atoms with Crippen LogP contribution in [0.15, 0.2) is 48.5 Å². The summed E-state index contributed by atoms with van der Waals surface area (Å²) < 4.78 is 5.48. The summed E-state index contributed by atoms with van der Waals surface area (Å²) in [6, 6.07) is 17.0. The van der Waals surface area contributed by atoms with Crippen molar-refractivity contribution in [3.8, 4) is 5.75 Å². The van der Waals surface area contributed by atoms with Gasteiger partial charge in [0, 0.05) is 11.5 Å². The van der Waals surface area contributed by atoms with Gasteiger partial charge >= 0.3 is 0 Å². The van der Waals surface area contributed by atoms with Gasteiger partial charge in [0.2, 0.25) is 0 Å². The van der Waals surface area contributed by atoms with Crippen LogP contribution in [0.5, 0.6) is 5.75 Å². The second kappa shape index (κ2) is 3.92. The van der Waals surface area contributed by atoms with Crippen LogP contribution in [0.4, 0.5) is 0 Å². The van der Waals surface area contributed by atoms with Crippen molar-refractivity contribution in [2.75, 3.05) is 7.11 Å². The lowest BCUT2D eigenvalue weighted by Crippen LogP contribution is -2.23. The zero-order valence-corrected chi connectivity index (χ0v) is 10.2. The van der Waals surface area contributed by atoms with E-state index in [2.05, 4.69) is 55.5 Å². The molecule has 3 rings (SSSR count). The van der Waals surface area contributed by atoms with Gasteiger partial charge in [-0.15, -0.1) is 0 Å². The first-order valence-electron chi connectivity index (χ1n) is 6.04. The second-order valence-electron chi connectivity index (χ2n) is 4.64. The molecule has 2 atom stereocenters. The van der Waals surface area contributed by atoms with Crippen molar-refractivity contribution >= 4 is 0 Å². The predicted molar refractivity (Wildman–Crippen MR) is 69.7 cm³/mol. The maximum absolute atomic E-state index is 5.48. The van der Waals surface area contributed by atoms with Crippen LogP contribution < -0.4 is 4.74 Å². The third kappa shape index (κ3) is 1.46. The second-order valence-corrected chi connectivity index (χ2v) is 4.64. The van der Waals surface area contributed by atoms with Gasteiger partial charge in [-0.25, -0.2) is 0 Å². The number of ether oxygens (including phenoxy) is 1. The molecule has 0 heterocycles. The van der Waals surface area contributed by atoms with Crippen LogP contribution >= 0.6 is 0 Å². The maximum atomic E-state index is 5.48. The molecule has 1 aliphatic rings. The highest BCUT2D eigenvalue weighted by atomic mass is 16.5. The molecule has 17 heavy (non-hydrogen) atoms. The van der Waals surface area contributed by atoms with Gasteiger partial charge in [0.25, 0.3) is 0 Å². The molecule has 0 unspecified atom stereocenters. The lowest BCUT2D eigenvalue weighted by atomic mass is 9.65. The molecule has 0 radical (unpaired) electrons. The first-order valence-corrected chi connectivity index (χ1v) is 6.04. The van der Waals surface area contributed by atoms with Crippen LogP contribution in [0.25, 0.3) is 0 Å². The number of hydrogen-bond acceptors (Lipinski definition) is 1. The van der Waals surface area contributed by atoms with Gasteiger partial charge in [-0.1, -0.05) is 49.4 Å². The number of methoxy groups -OCH3 is 1. The van der Waals surface area contributed by atoms with Crippen LogP contribution in [-0.2, 0) is 0 Å². The number of fused-ring (bicyclic) bond motifs is 1. The summed E-state index contributed by atoms with van der Waals surface area (Å²) >= 11 is 0. The predicted octanol–water partition coefficient (Wildman–Crippen LogP) is 3.94. The molecule has 0 aliphatic heterocycles. The smallest absolute Gasteiger partial charge is 0.122 e. The van der Waals surface area contributed by atoms with E-state index in [1.807, 2.05) is 0 Å². The molecule has 1 aliphatic carbocycles. The summed E-state index contributed by atoms with van der Waals surface area (Å²) in [7, 11) is 1.75. The lowest BCUT2D eigenvalue weighted by molar-refractivity contribution is 0.394. The van der Waals surface area contributed by atoms with Gasteiger partial charge in [0.1, 0.15) is 5.75 Å². The summed E-state index contributed by atoms with van der Waals surface area (Å²) in [5, 5.41) is 0. The molecular formula is C16H16O. The van der Waals surface area contributed by atoms with E-state index in [9.17, 15) is 0 Å². The fraction of sp³-hybridized carbons (Fsp3) is 0.250. The van der Waals surface area contributed by atoms with Gasteiger partial charge in [0.15, 0.2) is 0 Å². The monoisotopic (exact) mass is 224 g/mol. The number of rotatable bonds is 2. The van der Waals surface area contributed by atoms with Crippen molar-refractivity contribution in [3.05, 3.63) is 65.2 Å². The maximum Gasteiger partial charge on any atom is 0.122 e. The van der Waals surface area contributed by atoms with Crippen molar-refractivity contribution in [1.82, 2.24) is 0 Å². The molecule has 0 bridgehead atoms. The highest BCUT2D eigenvalue weighted by Gasteiger charge is 2.37. The van der Waals surface area contributed by atoms with Crippen molar-refractivity contribution in [2.45, 2.75) is 18.8 Å². The molecule has 2 aromatic rings. The van der Waals surface area contributed by atoms with Gasteiger partial charge in [0.05, 0.1) is 7.11 Å². The fourth-order valence-electron chi connectivity index (χ4n) is 2.92. The Labute approximate surface area is 102 Å². The number of hydrogen-bond donors (Lipinski definition) is 0. The lowest BCUT2D eigenvalue weighted by Gasteiger charge is -2.39. The zero-order chi connectivity index (χ0) is 11.8. The Kier molecular flexibility index (Phi) is 2.40. The summed E-state index contributed by atoms with van der Waals surface area (Å²) in [6.45, 7) is 2.29. The SMILES string of the molecule is COc1cccc2c1[C@@H](c1ccccc1)[C@H]2C. The van der Waals surface area contributed by atoms with Gasteiger partial charge in [-0.05, 0) is 23.1 Å². The van der Waals surface area contributed by atoms with Gasteiger partial charge < -0.3 is 4.74 Å². The minimum atomic E-state index is 0.488. The largest absolute Gasteiger partial charge is 0.496 e. The average molecular weight is 224 g/mol. The zero-order valence-electron chi connectivity index (χ0n) is 10.2. The van der Waals surface area contributed by atoms with Crippen molar-refractivity contribution in [1.29, 1.82) is 0 Å². The number of benzene rings is 2. The molecule has 0 N–H and O–H groups in total. The Bertz CT molecular complexity index is 516. The summed E-state index contributed by atoms with van der Waals surface area (Å²) in [6.07, 6.45) is 0. The van der Waals surface area contributed by atoms with Crippen molar-refractivity contribution in [2.24, 2.45) is 0 Å². The fourth-order valence-corrected chi connectivity index (χ4v) is 2.92. The van der Waals surface area contributed by atoms with E-state index < -0.39 is 0 Å². The highest BCUT2D eigenvalue weighted by Crippen LogP contribution is 2.53. The molecule has 0 saturated carbocycles. The molecule has 1 heteroatoms. The highest BCUT2D eigenvalue weighted by molar-refractivity contribution is 5.57. The molecule has 0 saturated heterocycles. The summed E-state index contributed by atoms with van der Waals surface area (Å²) in [4.78, 5) is 0. The first-order chi connectivity index (χ1) is 8.33. The third-order valence-electron chi connectivity index (χ3n) is 3.78. The van der Waals surface area contributed by atoms with Crippen LogP contribution in [-0.4, -0.2) is 7.11 Å². The Morgan fingerprint density at radius 2 is 1.71 bits per heavy atom. The normalized spacial score (nSPS) is 21.5. The van der Waals surface area contributed by atoms with E-state index in [4.69, 9.17) is 4.74 Å². The van der Waals surface area contributed by atoms with Gasteiger partial charge in [-0.2, -0.15) is 0 Å². The van der Waals surface area contributed by atoms with Crippen molar-refractivity contribution in [3.63, 3.8) is 0 Å². The Balaban J connectivity index is 2.10. The molecule has 1 nitrogen and oxygen atoms in total. The minimum absolute atomic E-state index is 0.488. The van der Waals surface area contributed by atoms with Crippen LogP contribution in [0.1, 0.15) is 35.4 Å². The molecule has 2 aromatic carbocycles. The molecule has 86 valence electrons. The van der Waals surface area contributed by atoms with E-state index in [1.165, 1.54) is 16.7 Å². The average Bonchev–Trinajstić information content (AvgIpc) is 2.39. The van der Waals surface area contributed by atoms with E-state index in [-0.39, 0.29) is 0 Å². The van der Waals surface area contributed by atoms with E-state index in [0.717, 1.165) is 5.75 Å². The molecule has 0 amide bonds. The molecule has 0 fully saturated rings. The Morgan fingerprint density at radius 1 is 0.941 bits per heavy atom. The van der Waals surface area contributed by atoms with Crippen LogP contribution in [0, 0.1) is 0 Å². The van der Waals surface area contributed by atoms with Crippen LogP contribution in [0.3, 0.4) is 0 Å². The minimum Gasteiger partial charge on any atom is -0.496 e. The van der Waals surface area contributed by atoms with Crippen LogP contribution in [0.2, 0.25) is 0 Å². The summed E-state index contributed by atoms with van der Waals surface area (Å²) in [5.74, 6) is 2.10. The van der Waals surface area contributed by atoms with E-state index >= 15 is 0 Å². The van der Waals surface area contributed by atoms with E-state index in [0.29, 0.717) is 11.8 Å². The molecule has 0 aromatic heterocycles. The standard InChI is InChI=1S/C16H16O/c1-11-13-9-6-10-14(17-2)16(13)15(11)12-7-4-3-5-8-12/h3-11,15H,1-2H3/t11-,15+/m0/s1. The van der Waals surface area contributed by atoms with Crippen molar-refractivity contribution < 1.29 is 4.74 Å². The molecular weight excluding hydrogens is 208 g/mol. The summed E-state index contributed by atoms with van der Waals surface area (Å²) in [5.41, 5.74) is 4.18. The first kappa shape index (κ1) is 10.4. The van der Waals surface area contributed by atoms with Gasteiger partial charge in [-0.3, -0.25) is 0 Å².